The highest BCUT2D eigenvalue weighted by Gasteiger charge is 2.46. The zero-order chi connectivity index (χ0) is 18.7. The van der Waals surface area contributed by atoms with Crippen molar-refractivity contribution in [2.45, 2.75) is 31.5 Å². The van der Waals surface area contributed by atoms with Crippen LogP contribution in [0, 0.1) is 0 Å². The molecule has 2 aromatic heterocycles. The molecule has 2 fully saturated rings. The summed E-state index contributed by atoms with van der Waals surface area (Å²) in [6.45, 7) is 2.49. The van der Waals surface area contributed by atoms with Crippen molar-refractivity contribution in [1.82, 2.24) is 25.1 Å². The van der Waals surface area contributed by atoms with Crippen LogP contribution in [0.2, 0.25) is 0 Å². The molecule has 0 atom stereocenters. The normalized spacial score (nSPS) is 18.7. The molecule has 0 aromatic carbocycles. The Labute approximate surface area is 155 Å². The highest BCUT2D eigenvalue weighted by Crippen LogP contribution is 2.31. The maximum absolute atomic E-state index is 12.9. The molecule has 2 amide bonds. The molecule has 27 heavy (non-hydrogen) atoms. The fourth-order valence-corrected chi connectivity index (χ4v) is 3.48. The van der Waals surface area contributed by atoms with Crippen molar-refractivity contribution in [2.75, 3.05) is 26.2 Å². The first-order valence-corrected chi connectivity index (χ1v) is 8.84. The molecule has 10 nitrogen and oxygen atoms in total. The van der Waals surface area contributed by atoms with Gasteiger partial charge >= 0.3 is 6.09 Å². The molecule has 0 bridgehead atoms. The van der Waals surface area contributed by atoms with Gasteiger partial charge in [0.15, 0.2) is 12.8 Å². The van der Waals surface area contributed by atoms with E-state index < -0.39 is 11.7 Å². The maximum Gasteiger partial charge on any atom is 0.410 e. The third-order valence-electron chi connectivity index (χ3n) is 4.91. The van der Waals surface area contributed by atoms with Crippen LogP contribution in [0.1, 0.15) is 24.2 Å². The van der Waals surface area contributed by atoms with Gasteiger partial charge in [-0.15, -0.1) is 0 Å². The molecular formula is C17H21N5O5. The first kappa shape index (κ1) is 17.5. The summed E-state index contributed by atoms with van der Waals surface area (Å²) < 4.78 is 15.6. The Kier molecular flexibility index (Phi) is 4.80. The van der Waals surface area contributed by atoms with E-state index in [1.54, 1.807) is 4.90 Å². The van der Waals surface area contributed by atoms with Crippen molar-refractivity contribution in [2.24, 2.45) is 0 Å². The van der Waals surface area contributed by atoms with E-state index in [-0.39, 0.29) is 25.5 Å². The second-order valence-corrected chi connectivity index (χ2v) is 6.87. The zero-order valence-electron chi connectivity index (χ0n) is 14.8. The van der Waals surface area contributed by atoms with Crippen LogP contribution in [0.4, 0.5) is 4.79 Å². The topological polar surface area (TPSA) is 114 Å². The Morgan fingerprint density at radius 3 is 2.33 bits per heavy atom. The number of nitrogens with one attached hydrogen (secondary N) is 1. The fourth-order valence-electron chi connectivity index (χ4n) is 3.48. The lowest BCUT2D eigenvalue weighted by molar-refractivity contribution is -0.133. The van der Waals surface area contributed by atoms with E-state index in [1.807, 2.05) is 0 Å². The molecule has 0 aliphatic carbocycles. The molecule has 2 aliphatic rings. The Balaban J connectivity index is 1.43. The quantitative estimate of drug-likeness (QED) is 0.787. The Bertz CT molecular complexity index is 734. The number of carbonyl (C=O) groups is 2. The number of amides is 2. The van der Waals surface area contributed by atoms with Gasteiger partial charge in [-0.2, -0.15) is 0 Å². The Hall–Kier alpha value is -2.88. The van der Waals surface area contributed by atoms with E-state index in [0.717, 1.165) is 25.9 Å². The van der Waals surface area contributed by atoms with Crippen molar-refractivity contribution in [3.63, 3.8) is 0 Å². The summed E-state index contributed by atoms with van der Waals surface area (Å²) in [5, 5.41) is 3.26. The smallest absolute Gasteiger partial charge is 0.410 e. The number of rotatable bonds is 6. The summed E-state index contributed by atoms with van der Waals surface area (Å²) in [5.41, 5.74) is 0.752. The van der Waals surface area contributed by atoms with Crippen LogP contribution < -0.4 is 5.32 Å². The largest absolute Gasteiger partial charge is 0.451 e. The van der Waals surface area contributed by atoms with Crippen LogP contribution in [-0.4, -0.2) is 63.5 Å². The van der Waals surface area contributed by atoms with Crippen LogP contribution >= 0.6 is 0 Å². The van der Waals surface area contributed by atoms with E-state index in [0.29, 0.717) is 17.9 Å². The minimum atomic E-state index is -0.480. The van der Waals surface area contributed by atoms with Crippen molar-refractivity contribution in [3.05, 3.63) is 36.7 Å². The standard InChI is InChI=1S/C17H21N5O5/c23-15(7-22-10-17(27-16(22)24)1-3-18-4-2-17)21(5-13-8-25-11-19-13)6-14-9-26-12-20-14/h8-9,11-12,18H,1-7,10H2. The molecule has 2 aromatic rings. The van der Waals surface area contributed by atoms with Gasteiger partial charge in [0.1, 0.15) is 24.7 Å². The number of hydrogen-bond donors (Lipinski definition) is 1. The number of aromatic nitrogens is 2. The Morgan fingerprint density at radius 2 is 1.78 bits per heavy atom. The minimum Gasteiger partial charge on any atom is -0.451 e. The molecule has 4 heterocycles. The monoisotopic (exact) mass is 375 g/mol. The number of ether oxygens (including phenoxy) is 1. The molecule has 2 aliphatic heterocycles. The Morgan fingerprint density at radius 1 is 1.15 bits per heavy atom. The summed E-state index contributed by atoms with van der Waals surface area (Å²) in [4.78, 5) is 36.4. The van der Waals surface area contributed by atoms with Crippen LogP contribution in [0.25, 0.3) is 0 Å². The second-order valence-electron chi connectivity index (χ2n) is 6.87. The molecular weight excluding hydrogens is 354 g/mol. The van der Waals surface area contributed by atoms with E-state index in [2.05, 4.69) is 15.3 Å². The summed E-state index contributed by atoms with van der Waals surface area (Å²) >= 11 is 0. The number of oxazole rings is 2. The van der Waals surface area contributed by atoms with E-state index in [4.69, 9.17) is 13.6 Å². The summed E-state index contributed by atoms with van der Waals surface area (Å²) in [6.07, 6.45) is 6.66. The molecule has 10 heteroatoms. The van der Waals surface area contributed by atoms with Gasteiger partial charge in [-0.1, -0.05) is 0 Å². The number of piperidine rings is 1. The molecule has 1 N–H and O–H groups in total. The van der Waals surface area contributed by atoms with Crippen LogP contribution in [-0.2, 0) is 22.6 Å². The van der Waals surface area contributed by atoms with Gasteiger partial charge in [-0.05, 0) is 13.1 Å². The minimum absolute atomic E-state index is 0.0519. The molecule has 0 saturated carbocycles. The lowest BCUT2D eigenvalue weighted by atomic mass is 9.92. The molecule has 144 valence electrons. The maximum atomic E-state index is 12.9. The number of hydrogen-bond acceptors (Lipinski definition) is 8. The van der Waals surface area contributed by atoms with Crippen molar-refractivity contribution < 1.29 is 23.2 Å². The van der Waals surface area contributed by atoms with Crippen LogP contribution in [0.3, 0.4) is 0 Å². The zero-order valence-corrected chi connectivity index (χ0v) is 14.8. The third-order valence-corrected chi connectivity index (χ3v) is 4.91. The van der Waals surface area contributed by atoms with Crippen molar-refractivity contribution in [3.8, 4) is 0 Å². The predicted octanol–water partition coefficient (Wildman–Crippen LogP) is 0.766. The van der Waals surface area contributed by atoms with Gasteiger partial charge in [-0.3, -0.25) is 9.69 Å². The lowest BCUT2D eigenvalue weighted by Gasteiger charge is -2.31. The average molecular weight is 375 g/mol. The van der Waals surface area contributed by atoms with Gasteiger partial charge in [-0.25, -0.2) is 14.8 Å². The average Bonchev–Trinajstić information content (AvgIpc) is 3.39. The molecule has 0 unspecified atom stereocenters. The number of nitrogens with zero attached hydrogens (tertiary/aromatic N) is 4. The first-order valence-electron chi connectivity index (χ1n) is 8.84. The van der Waals surface area contributed by atoms with Gasteiger partial charge in [0.05, 0.1) is 31.0 Å². The molecule has 1 spiro atoms. The molecule has 2 saturated heterocycles. The molecule has 4 rings (SSSR count). The third kappa shape index (κ3) is 3.95. The van der Waals surface area contributed by atoms with Crippen LogP contribution in [0.15, 0.2) is 34.1 Å². The van der Waals surface area contributed by atoms with Gasteiger partial charge in [0.2, 0.25) is 5.91 Å². The van der Waals surface area contributed by atoms with Crippen molar-refractivity contribution >= 4 is 12.0 Å². The fraction of sp³-hybridized carbons (Fsp3) is 0.529. The van der Waals surface area contributed by atoms with Gasteiger partial charge < -0.3 is 23.8 Å². The number of carbonyl (C=O) groups excluding carboxylic acids is 2. The van der Waals surface area contributed by atoms with E-state index >= 15 is 0 Å². The second kappa shape index (κ2) is 7.39. The first-order chi connectivity index (χ1) is 13.1. The summed E-state index contributed by atoms with van der Waals surface area (Å²) in [6, 6.07) is 0. The van der Waals surface area contributed by atoms with Gasteiger partial charge in [0.25, 0.3) is 0 Å². The van der Waals surface area contributed by atoms with Crippen LogP contribution in [0.5, 0.6) is 0 Å². The summed E-state index contributed by atoms with van der Waals surface area (Å²) in [7, 11) is 0. The summed E-state index contributed by atoms with van der Waals surface area (Å²) in [5.74, 6) is -0.219. The van der Waals surface area contributed by atoms with Gasteiger partial charge in [0, 0.05) is 12.8 Å². The predicted molar refractivity (Wildman–Crippen MR) is 90.1 cm³/mol. The molecule has 0 radical (unpaired) electrons. The SMILES string of the molecule is O=C(CN1CC2(CCNCC2)OC1=O)N(Cc1cocn1)Cc1cocn1. The highest BCUT2D eigenvalue weighted by molar-refractivity contribution is 5.83. The lowest BCUT2D eigenvalue weighted by Crippen LogP contribution is -2.46. The van der Waals surface area contributed by atoms with Crippen molar-refractivity contribution in [1.29, 1.82) is 0 Å². The van der Waals surface area contributed by atoms with E-state index in [1.165, 1.54) is 30.2 Å². The highest BCUT2D eigenvalue weighted by atomic mass is 16.6. The van der Waals surface area contributed by atoms with E-state index in [9.17, 15) is 9.59 Å².